The predicted octanol–water partition coefficient (Wildman–Crippen LogP) is 6.11. The zero-order valence-corrected chi connectivity index (χ0v) is 27.8. The molecule has 179 valence electrons. The molecule has 0 atom stereocenters. The van der Waals surface area contributed by atoms with Gasteiger partial charge in [0.05, 0.1) is 0 Å². The van der Waals surface area contributed by atoms with Crippen molar-refractivity contribution in [3.8, 4) is 0 Å². The second kappa shape index (κ2) is 10.3. The molecule has 1 aromatic rings. The van der Waals surface area contributed by atoms with Gasteiger partial charge in [-0.05, 0) is 91.6 Å². The second-order valence-corrected chi connectivity index (χ2v) is 32.3. The third kappa shape index (κ3) is 12.4. The molecule has 0 amide bonds. The summed E-state index contributed by atoms with van der Waals surface area (Å²) >= 11 is 0. The second-order valence-electron chi connectivity index (χ2n) is 10.6. The van der Waals surface area contributed by atoms with Crippen LogP contribution in [-0.2, 0) is 24.7 Å². The Morgan fingerprint density at radius 1 is 0.452 bits per heavy atom. The van der Waals surface area contributed by atoms with Gasteiger partial charge in [-0.15, -0.1) is 0 Å². The van der Waals surface area contributed by atoms with E-state index in [-0.39, 0.29) is 0 Å². The van der Waals surface area contributed by atoms with Crippen LogP contribution in [0.2, 0.25) is 78.6 Å². The molecular weight excluding hydrogens is 493 g/mol. The molecule has 1 saturated heterocycles. The predicted molar refractivity (Wildman–Crippen MR) is 141 cm³/mol. The lowest BCUT2D eigenvalue weighted by Crippen LogP contribution is -2.64. The normalized spacial score (nSPS) is 26.4. The van der Waals surface area contributed by atoms with E-state index in [1.165, 1.54) is 5.56 Å². The van der Waals surface area contributed by atoms with Crippen molar-refractivity contribution in [2.45, 2.75) is 85.5 Å². The van der Waals surface area contributed by atoms with Gasteiger partial charge in [0.1, 0.15) is 0 Å². The molecule has 0 aromatic heterocycles. The Balaban J connectivity index is 0.000000577. The molecule has 0 unspecified atom stereocenters. The average Bonchev–Trinajstić information content (AvgIpc) is 2.38. The maximum absolute atomic E-state index is 6.44. The van der Waals surface area contributed by atoms with Gasteiger partial charge in [0.25, 0.3) is 0 Å². The molecule has 1 fully saturated rings. The highest BCUT2D eigenvalue weighted by Crippen LogP contribution is 2.30. The average molecular weight is 536 g/mol. The summed E-state index contributed by atoms with van der Waals surface area (Å²) in [5.74, 6) is 0. The zero-order chi connectivity index (χ0) is 24.4. The first kappa shape index (κ1) is 29.3. The number of hydrogen-bond acceptors (Lipinski definition) is 6. The number of aryl methyl sites for hydroxylation is 1. The third-order valence-electron chi connectivity index (χ3n) is 3.83. The molecule has 0 saturated carbocycles. The molecule has 0 bridgehead atoms. The van der Waals surface area contributed by atoms with Gasteiger partial charge in [-0.3, -0.25) is 0 Å². The van der Waals surface area contributed by atoms with Crippen molar-refractivity contribution in [3.05, 3.63) is 35.9 Å². The lowest BCUT2D eigenvalue weighted by molar-refractivity contribution is 0.240. The molecule has 1 heterocycles. The van der Waals surface area contributed by atoms with E-state index in [2.05, 4.69) is 91.6 Å². The smallest absolute Gasteiger partial charge is 0.314 e. The summed E-state index contributed by atoms with van der Waals surface area (Å²) in [6.45, 7) is 26.9. The van der Waals surface area contributed by atoms with Crippen molar-refractivity contribution in [1.29, 1.82) is 0 Å². The van der Waals surface area contributed by atoms with E-state index < -0.39 is 51.4 Å². The van der Waals surface area contributed by atoms with Crippen LogP contribution in [0.3, 0.4) is 0 Å². The molecule has 6 nitrogen and oxygen atoms in total. The van der Waals surface area contributed by atoms with Crippen LogP contribution < -0.4 is 0 Å². The summed E-state index contributed by atoms with van der Waals surface area (Å²) in [7, 11) is -14.3. The quantitative estimate of drug-likeness (QED) is 0.374. The largest absolute Gasteiger partial charge is 0.416 e. The summed E-state index contributed by atoms with van der Waals surface area (Å²) in [6.07, 6.45) is 0. The first-order chi connectivity index (χ1) is 13.6. The van der Waals surface area contributed by atoms with Crippen molar-refractivity contribution >= 4 is 51.4 Å². The summed E-state index contributed by atoms with van der Waals surface area (Å²) in [6, 6.07) is 10.8. The minimum Gasteiger partial charge on any atom is -0.416 e. The van der Waals surface area contributed by atoms with Gasteiger partial charge in [-0.1, -0.05) is 29.8 Å². The highest BCUT2D eigenvalue weighted by atomic mass is 28.5. The summed E-state index contributed by atoms with van der Waals surface area (Å²) < 4.78 is 38.6. The number of benzene rings is 1. The maximum atomic E-state index is 6.44. The molecule has 1 aliphatic heterocycles. The van der Waals surface area contributed by atoms with Gasteiger partial charge in [0.2, 0.25) is 0 Å². The molecule has 12 heteroatoms. The highest BCUT2D eigenvalue weighted by Gasteiger charge is 2.51. The first-order valence-electron chi connectivity index (χ1n) is 10.8. The van der Waals surface area contributed by atoms with Crippen LogP contribution in [-0.4, -0.2) is 51.4 Å². The topological polar surface area (TPSA) is 55.4 Å². The van der Waals surface area contributed by atoms with Gasteiger partial charge in [0, 0.05) is 0 Å². The number of hydrogen-bond donors (Lipinski definition) is 0. The van der Waals surface area contributed by atoms with Crippen LogP contribution in [0, 0.1) is 13.0 Å². The van der Waals surface area contributed by atoms with Crippen molar-refractivity contribution in [1.82, 2.24) is 0 Å². The minimum atomic E-state index is -2.38. The maximum Gasteiger partial charge on any atom is 0.314 e. The van der Waals surface area contributed by atoms with Gasteiger partial charge < -0.3 is 24.7 Å². The number of rotatable bonds is 0. The monoisotopic (exact) mass is 535 g/mol. The van der Waals surface area contributed by atoms with E-state index in [1.807, 2.05) is 24.3 Å². The van der Waals surface area contributed by atoms with E-state index in [9.17, 15) is 0 Å². The molecular formula is C19H43O6Si6. The standard InChI is InChI=1S/C12H36O6Si6.C7H7/c1-19(2)13-20(3,4)15-22(7,8)17-24(11,12)18-23(9,10)16-21(5,6)14-19;1-7-5-3-2-4-6-7/h1-12H3;3-6H,1H3. The van der Waals surface area contributed by atoms with E-state index in [4.69, 9.17) is 24.7 Å². The van der Waals surface area contributed by atoms with E-state index in [1.54, 1.807) is 0 Å². The van der Waals surface area contributed by atoms with E-state index in [0.29, 0.717) is 0 Å². The Morgan fingerprint density at radius 2 is 0.645 bits per heavy atom. The lowest BCUT2D eigenvalue weighted by atomic mass is 10.2. The van der Waals surface area contributed by atoms with Crippen LogP contribution in [0.5, 0.6) is 0 Å². The Hall–Kier alpha value is 0.281. The Labute approximate surface area is 197 Å². The minimum absolute atomic E-state index is 1.29. The van der Waals surface area contributed by atoms with Crippen LogP contribution in [0.25, 0.3) is 0 Å². The van der Waals surface area contributed by atoms with E-state index in [0.717, 1.165) is 0 Å². The van der Waals surface area contributed by atoms with Gasteiger partial charge in [-0.25, -0.2) is 0 Å². The lowest BCUT2D eigenvalue weighted by Gasteiger charge is -2.46. The zero-order valence-electron chi connectivity index (χ0n) is 21.8. The van der Waals surface area contributed by atoms with Crippen molar-refractivity contribution in [2.24, 2.45) is 0 Å². The van der Waals surface area contributed by atoms with Crippen LogP contribution in [0.1, 0.15) is 5.56 Å². The van der Waals surface area contributed by atoms with Crippen LogP contribution >= 0.6 is 0 Å². The van der Waals surface area contributed by atoms with Gasteiger partial charge in [-0.2, -0.15) is 0 Å². The summed E-state index contributed by atoms with van der Waals surface area (Å²) in [5, 5.41) is 0. The van der Waals surface area contributed by atoms with Crippen LogP contribution in [0.15, 0.2) is 24.3 Å². The SMILES string of the molecule is C[Si]1(C)O[Si](C)(C)O[Si](C)(C)O[Si](C)(C)O[Si](C)(C)O[Si](C)(C)O1.Cc1cc[c]cc1. The van der Waals surface area contributed by atoms with Crippen molar-refractivity contribution < 1.29 is 24.7 Å². The fourth-order valence-electron chi connectivity index (χ4n) is 4.15. The Kier molecular flexibility index (Phi) is 9.71. The highest BCUT2D eigenvalue weighted by molar-refractivity contribution is 6.93. The third-order valence-corrected chi connectivity index (χ3v) is 27.4. The molecule has 0 aliphatic carbocycles. The van der Waals surface area contributed by atoms with Crippen LogP contribution in [0.4, 0.5) is 0 Å². The molecule has 1 aliphatic rings. The molecule has 0 spiro atoms. The Morgan fingerprint density at radius 3 is 0.774 bits per heavy atom. The fourth-order valence-corrected chi connectivity index (χ4v) is 35.8. The van der Waals surface area contributed by atoms with Gasteiger partial charge >= 0.3 is 51.4 Å². The summed E-state index contributed by atoms with van der Waals surface area (Å²) in [5.41, 5.74) is 1.29. The first-order valence-corrected chi connectivity index (χ1v) is 27.7. The fraction of sp³-hybridized carbons (Fsp3) is 0.684. The van der Waals surface area contributed by atoms with Crippen molar-refractivity contribution in [3.63, 3.8) is 0 Å². The van der Waals surface area contributed by atoms with Gasteiger partial charge in [0.15, 0.2) is 0 Å². The molecule has 0 N–H and O–H groups in total. The molecule has 31 heavy (non-hydrogen) atoms. The van der Waals surface area contributed by atoms with E-state index >= 15 is 0 Å². The molecule has 1 radical (unpaired) electrons. The Bertz CT molecular complexity index is 577. The molecule has 2 rings (SSSR count). The van der Waals surface area contributed by atoms with Crippen molar-refractivity contribution in [2.75, 3.05) is 0 Å². The molecule has 1 aromatic carbocycles. The summed E-state index contributed by atoms with van der Waals surface area (Å²) in [4.78, 5) is 0.